The van der Waals surface area contributed by atoms with Gasteiger partial charge in [0.25, 0.3) is 0 Å². The molecule has 0 aromatic heterocycles. The van der Waals surface area contributed by atoms with Crippen LogP contribution < -0.4 is 0 Å². The molecule has 0 saturated heterocycles. The van der Waals surface area contributed by atoms with E-state index in [4.69, 9.17) is 16.7 Å². The van der Waals surface area contributed by atoms with Gasteiger partial charge in [-0.3, -0.25) is 9.59 Å². The summed E-state index contributed by atoms with van der Waals surface area (Å²) >= 11 is 6.87. The minimum absolute atomic E-state index is 0.0224. The van der Waals surface area contributed by atoms with Crippen LogP contribution in [0.1, 0.15) is 12.5 Å². The molecule has 22 heavy (non-hydrogen) atoms. The summed E-state index contributed by atoms with van der Waals surface area (Å²) in [6, 6.07) is 15.0. The van der Waals surface area contributed by atoms with E-state index in [9.17, 15) is 9.59 Å². The maximum atomic E-state index is 11.6. The molecule has 0 bridgehead atoms. The van der Waals surface area contributed by atoms with E-state index in [-0.39, 0.29) is 11.5 Å². The first-order chi connectivity index (χ1) is 10.5. The van der Waals surface area contributed by atoms with Gasteiger partial charge in [0.2, 0.25) is 5.12 Å². The lowest BCUT2D eigenvalue weighted by Gasteiger charge is -2.06. The number of thioether (sulfide) groups is 1. The second kappa shape index (κ2) is 7.47. The Morgan fingerprint density at radius 2 is 1.55 bits per heavy atom. The van der Waals surface area contributed by atoms with Crippen LogP contribution in [0.15, 0.2) is 53.4 Å². The smallest absolute Gasteiger partial charge is 0.307 e. The molecule has 2 rings (SSSR count). The minimum Gasteiger partial charge on any atom is -0.481 e. The first-order valence-corrected chi connectivity index (χ1v) is 7.98. The van der Waals surface area contributed by atoms with E-state index in [1.807, 2.05) is 48.5 Å². The summed E-state index contributed by atoms with van der Waals surface area (Å²) in [5.41, 5.74) is 2.78. The van der Waals surface area contributed by atoms with Crippen molar-refractivity contribution in [2.24, 2.45) is 0 Å². The van der Waals surface area contributed by atoms with Gasteiger partial charge in [-0.25, -0.2) is 0 Å². The topological polar surface area (TPSA) is 54.4 Å². The molecule has 0 fully saturated rings. The van der Waals surface area contributed by atoms with Crippen molar-refractivity contribution < 1.29 is 14.7 Å². The van der Waals surface area contributed by atoms with Crippen LogP contribution >= 0.6 is 23.4 Å². The summed E-state index contributed by atoms with van der Waals surface area (Å²) < 4.78 is 0. The van der Waals surface area contributed by atoms with Crippen molar-refractivity contribution in [3.05, 3.63) is 54.1 Å². The molecule has 0 heterocycles. The van der Waals surface area contributed by atoms with Gasteiger partial charge in [0.05, 0.1) is 11.8 Å². The zero-order valence-electron chi connectivity index (χ0n) is 12.0. The van der Waals surface area contributed by atoms with Gasteiger partial charge in [0, 0.05) is 4.90 Å². The lowest BCUT2D eigenvalue weighted by molar-refractivity contribution is -0.136. The molecule has 1 unspecified atom stereocenters. The molecule has 0 radical (unpaired) electrons. The van der Waals surface area contributed by atoms with Crippen LogP contribution in [0.3, 0.4) is 0 Å². The van der Waals surface area contributed by atoms with Gasteiger partial charge >= 0.3 is 5.97 Å². The highest BCUT2D eigenvalue weighted by atomic mass is 35.5. The number of halogens is 1. The number of aliphatic carboxylic acids is 1. The monoisotopic (exact) mass is 334 g/mol. The lowest BCUT2D eigenvalue weighted by atomic mass is 10.0. The molecule has 1 atom stereocenters. The number of rotatable bonds is 5. The van der Waals surface area contributed by atoms with Crippen molar-refractivity contribution >= 4 is 34.4 Å². The number of carboxylic acids is 1. The fraction of sp³-hybridized carbons (Fsp3) is 0.176. The van der Waals surface area contributed by atoms with Crippen LogP contribution in [0.2, 0.25) is 0 Å². The standard InChI is InChI=1S/C17H15ClO3S/c1-11(18)17(21)22-15-8-6-14(7-9-15)13-4-2-12(3-5-13)10-16(19)20/h2-9,11H,10H2,1H3,(H,19,20). The lowest BCUT2D eigenvalue weighted by Crippen LogP contribution is -2.04. The highest BCUT2D eigenvalue weighted by Crippen LogP contribution is 2.26. The molecule has 0 aliphatic heterocycles. The van der Waals surface area contributed by atoms with Gasteiger partial charge in [-0.1, -0.05) is 48.2 Å². The quantitative estimate of drug-likeness (QED) is 0.656. The van der Waals surface area contributed by atoms with Crippen LogP contribution in [-0.4, -0.2) is 21.6 Å². The Balaban J connectivity index is 2.10. The number of carbonyl (C=O) groups excluding carboxylic acids is 1. The summed E-state index contributed by atoms with van der Waals surface area (Å²) in [7, 11) is 0. The summed E-state index contributed by atoms with van der Waals surface area (Å²) in [5.74, 6) is -0.840. The molecular formula is C17H15ClO3S. The van der Waals surface area contributed by atoms with Crippen molar-refractivity contribution in [1.82, 2.24) is 0 Å². The Labute approximate surface area is 138 Å². The molecule has 2 aromatic rings. The second-order valence-electron chi connectivity index (χ2n) is 4.83. The van der Waals surface area contributed by atoms with E-state index in [2.05, 4.69) is 0 Å². The van der Waals surface area contributed by atoms with E-state index in [1.54, 1.807) is 6.92 Å². The third kappa shape index (κ3) is 4.61. The molecule has 0 amide bonds. The van der Waals surface area contributed by atoms with E-state index in [1.165, 1.54) is 0 Å². The first-order valence-electron chi connectivity index (χ1n) is 6.72. The Bertz CT molecular complexity index is 663. The van der Waals surface area contributed by atoms with E-state index < -0.39 is 11.3 Å². The van der Waals surface area contributed by atoms with Crippen LogP contribution in [-0.2, 0) is 16.0 Å². The van der Waals surface area contributed by atoms with Crippen molar-refractivity contribution in [3.8, 4) is 11.1 Å². The number of hydrogen-bond donors (Lipinski definition) is 1. The van der Waals surface area contributed by atoms with Gasteiger partial charge < -0.3 is 5.11 Å². The summed E-state index contributed by atoms with van der Waals surface area (Å²) in [6.07, 6.45) is 0.0224. The average Bonchev–Trinajstić information content (AvgIpc) is 2.48. The van der Waals surface area contributed by atoms with Crippen LogP contribution in [0.5, 0.6) is 0 Å². The van der Waals surface area contributed by atoms with Crippen molar-refractivity contribution in [2.75, 3.05) is 0 Å². The highest BCUT2D eigenvalue weighted by molar-refractivity contribution is 8.14. The number of carbonyl (C=O) groups is 2. The minimum atomic E-state index is -0.840. The van der Waals surface area contributed by atoms with Gasteiger partial charge in [-0.2, -0.15) is 0 Å². The maximum Gasteiger partial charge on any atom is 0.307 e. The van der Waals surface area contributed by atoms with Crippen LogP contribution in [0.4, 0.5) is 0 Å². The normalized spacial score (nSPS) is 11.9. The van der Waals surface area contributed by atoms with Gasteiger partial charge in [-0.05, 0) is 35.7 Å². The maximum absolute atomic E-state index is 11.6. The molecule has 2 aromatic carbocycles. The average molecular weight is 335 g/mol. The van der Waals surface area contributed by atoms with E-state index >= 15 is 0 Å². The molecule has 3 nitrogen and oxygen atoms in total. The molecule has 114 valence electrons. The Kier molecular flexibility index (Phi) is 5.63. The fourth-order valence-corrected chi connectivity index (χ4v) is 2.70. The largest absolute Gasteiger partial charge is 0.481 e. The molecule has 0 spiro atoms. The van der Waals surface area contributed by atoms with Gasteiger partial charge in [0.15, 0.2) is 0 Å². The summed E-state index contributed by atoms with van der Waals surface area (Å²) in [5, 5.41) is 8.17. The molecule has 1 N–H and O–H groups in total. The van der Waals surface area contributed by atoms with Crippen LogP contribution in [0, 0.1) is 0 Å². The Morgan fingerprint density at radius 1 is 1.05 bits per heavy atom. The summed E-state index contributed by atoms with van der Waals surface area (Å²) in [4.78, 5) is 23.1. The Hall–Kier alpha value is -1.78. The summed E-state index contributed by atoms with van der Waals surface area (Å²) in [6.45, 7) is 1.66. The number of hydrogen-bond acceptors (Lipinski definition) is 3. The first kappa shape index (κ1) is 16.6. The number of carboxylic acid groups (broad SMARTS) is 1. The molecule has 0 aliphatic carbocycles. The second-order valence-corrected chi connectivity index (χ2v) is 6.56. The predicted octanol–water partition coefficient (Wildman–Crippen LogP) is 4.23. The number of benzene rings is 2. The van der Waals surface area contributed by atoms with E-state index in [0.29, 0.717) is 0 Å². The van der Waals surface area contributed by atoms with Gasteiger partial charge in [0.1, 0.15) is 0 Å². The molecule has 5 heteroatoms. The van der Waals surface area contributed by atoms with Crippen molar-refractivity contribution in [2.45, 2.75) is 23.6 Å². The van der Waals surface area contributed by atoms with Gasteiger partial charge in [-0.15, -0.1) is 11.6 Å². The SMILES string of the molecule is CC(Cl)C(=O)Sc1ccc(-c2ccc(CC(=O)O)cc2)cc1. The van der Waals surface area contributed by atoms with Crippen molar-refractivity contribution in [3.63, 3.8) is 0 Å². The van der Waals surface area contributed by atoms with E-state index in [0.717, 1.165) is 33.3 Å². The zero-order valence-corrected chi connectivity index (χ0v) is 13.5. The predicted molar refractivity (Wildman–Crippen MR) is 89.4 cm³/mol. The number of alkyl halides is 1. The molecule has 0 aliphatic rings. The van der Waals surface area contributed by atoms with Crippen molar-refractivity contribution in [1.29, 1.82) is 0 Å². The zero-order chi connectivity index (χ0) is 16.1. The third-order valence-electron chi connectivity index (χ3n) is 3.04. The fourth-order valence-electron chi connectivity index (χ4n) is 1.90. The van der Waals surface area contributed by atoms with Crippen LogP contribution in [0.25, 0.3) is 11.1 Å². The third-order valence-corrected chi connectivity index (χ3v) is 4.43. The molecular weight excluding hydrogens is 320 g/mol. The Morgan fingerprint density at radius 3 is 2.00 bits per heavy atom. The highest BCUT2D eigenvalue weighted by Gasteiger charge is 2.11. The molecule has 0 saturated carbocycles.